The molecule has 0 aliphatic carbocycles. The highest BCUT2D eigenvalue weighted by Crippen LogP contribution is 2.19. The van der Waals surface area contributed by atoms with Gasteiger partial charge in [0.1, 0.15) is 23.2 Å². The van der Waals surface area contributed by atoms with E-state index in [1.807, 2.05) is 29.2 Å². The molecule has 0 bridgehead atoms. The lowest BCUT2D eigenvalue weighted by molar-refractivity contribution is -0.115. The summed E-state index contributed by atoms with van der Waals surface area (Å²) in [6.07, 6.45) is 1.82. The molecule has 1 aromatic heterocycles. The van der Waals surface area contributed by atoms with Crippen molar-refractivity contribution in [1.82, 2.24) is 9.88 Å². The predicted octanol–water partition coefficient (Wildman–Crippen LogP) is 3.51. The van der Waals surface area contributed by atoms with Crippen LogP contribution in [0.4, 0.5) is 20.3 Å². The van der Waals surface area contributed by atoms with Crippen molar-refractivity contribution in [1.29, 1.82) is 0 Å². The zero-order valence-corrected chi connectivity index (χ0v) is 18.6. The van der Waals surface area contributed by atoms with Crippen molar-refractivity contribution < 1.29 is 23.1 Å². The fourth-order valence-corrected chi connectivity index (χ4v) is 3.75. The number of hydrogen-bond acceptors (Lipinski definition) is 5. The molecule has 1 saturated heterocycles. The van der Waals surface area contributed by atoms with Crippen LogP contribution in [0.1, 0.15) is 15.9 Å². The summed E-state index contributed by atoms with van der Waals surface area (Å²) >= 11 is 0. The molecule has 7 nitrogen and oxygen atoms in total. The summed E-state index contributed by atoms with van der Waals surface area (Å²) in [7, 11) is 1.59. The third-order valence-electron chi connectivity index (χ3n) is 5.61. The molecule has 34 heavy (non-hydrogen) atoms. The van der Waals surface area contributed by atoms with Gasteiger partial charge in [-0.2, -0.15) is 0 Å². The zero-order valence-electron chi connectivity index (χ0n) is 18.6. The highest BCUT2D eigenvalue weighted by Gasteiger charge is 2.25. The lowest BCUT2D eigenvalue weighted by Gasteiger charge is -2.35. The van der Waals surface area contributed by atoms with Gasteiger partial charge < -0.3 is 19.9 Å². The largest absolute Gasteiger partial charge is 0.497 e. The quantitative estimate of drug-likeness (QED) is 0.602. The first-order chi connectivity index (χ1) is 16.4. The van der Waals surface area contributed by atoms with E-state index in [1.54, 1.807) is 30.3 Å². The fraction of sp³-hybridized carbons (Fsp3) is 0.240. The van der Waals surface area contributed by atoms with Crippen LogP contribution in [0.2, 0.25) is 0 Å². The van der Waals surface area contributed by atoms with Crippen molar-refractivity contribution in [2.24, 2.45) is 0 Å². The van der Waals surface area contributed by atoms with Gasteiger partial charge >= 0.3 is 0 Å². The van der Waals surface area contributed by atoms with Crippen LogP contribution in [0.5, 0.6) is 5.75 Å². The minimum atomic E-state index is -0.862. The van der Waals surface area contributed by atoms with Gasteiger partial charge in [0.25, 0.3) is 5.91 Å². The Morgan fingerprint density at radius 1 is 1.00 bits per heavy atom. The first-order valence-electron chi connectivity index (χ1n) is 10.8. The summed E-state index contributed by atoms with van der Waals surface area (Å²) in [5.74, 6) is -0.742. The van der Waals surface area contributed by atoms with Gasteiger partial charge in [-0.3, -0.25) is 9.59 Å². The maximum atomic E-state index is 13.9. The van der Waals surface area contributed by atoms with Gasteiger partial charge in [0.15, 0.2) is 0 Å². The molecule has 1 aliphatic rings. The molecule has 1 aliphatic heterocycles. The maximum Gasteiger partial charge on any atom is 0.256 e. The lowest BCUT2D eigenvalue weighted by Crippen LogP contribution is -2.49. The first-order valence-corrected chi connectivity index (χ1v) is 10.8. The molecule has 2 aromatic carbocycles. The number of rotatable bonds is 6. The van der Waals surface area contributed by atoms with Gasteiger partial charge in [-0.15, -0.1) is 0 Å². The Hall–Kier alpha value is -4.01. The molecule has 176 valence electrons. The minimum Gasteiger partial charge on any atom is -0.497 e. The SMILES string of the molecule is COc1ccc(CC(=O)Nc2ccc(N3CCN(C(=O)c4ccc(F)cc4F)CC3)nc2)cc1. The van der Waals surface area contributed by atoms with Crippen LogP contribution >= 0.6 is 0 Å². The van der Waals surface area contributed by atoms with Crippen LogP contribution in [-0.2, 0) is 11.2 Å². The predicted molar refractivity (Wildman–Crippen MR) is 124 cm³/mol. The van der Waals surface area contributed by atoms with Gasteiger partial charge in [0, 0.05) is 32.2 Å². The van der Waals surface area contributed by atoms with Crippen LogP contribution in [0, 0.1) is 11.6 Å². The molecule has 3 aromatic rings. The first kappa shape index (κ1) is 23.2. The number of pyridine rings is 1. The Labute approximate surface area is 196 Å². The van der Waals surface area contributed by atoms with E-state index < -0.39 is 17.5 Å². The molecule has 0 radical (unpaired) electrons. The molecular formula is C25H24F2N4O3. The van der Waals surface area contributed by atoms with Crippen LogP contribution in [-0.4, -0.2) is 55.0 Å². The molecule has 0 unspecified atom stereocenters. The molecule has 9 heteroatoms. The number of amides is 2. The molecule has 1 fully saturated rings. The number of methoxy groups -OCH3 is 1. The Morgan fingerprint density at radius 2 is 1.74 bits per heavy atom. The smallest absolute Gasteiger partial charge is 0.256 e. The van der Waals surface area contributed by atoms with Gasteiger partial charge in [0.05, 0.1) is 31.0 Å². The third-order valence-corrected chi connectivity index (χ3v) is 5.61. The van der Waals surface area contributed by atoms with Gasteiger partial charge in [0.2, 0.25) is 5.91 Å². The van der Waals surface area contributed by atoms with Gasteiger partial charge in [-0.05, 0) is 42.0 Å². The topological polar surface area (TPSA) is 74.8 Å². The summed E-state index contributed by atoms with van der Waals surface area (Å²) < 4.78 is 32.2. The number of nitrogens with one attached hydrogen (secondary N) is 1. The number of halogens is 2. The number of carbonyl (C=O) groups is 2. The van der Waals surface area contributed by atoms with Crippen molar-refractivity contribution in [3.8, 4) is 5.75 Å². The van der Waals surface area contributed by atoms with Crippen molar-refractivity contribution in [3.63, 3.8) is 0 Å². The number of piperazine rings is 1. The molecule has 1 N–H and O–H groups in total. The zero-order chi connectivity index (χ0) is 24.1. The summed E-state index contributed by atoms with van der Waals surface area (Å²) in [6.45, 7) is 1.81. The summed E-state index contributed by atoms with van der Waals surface area (Å²) in [4.78, 5) is 32.9. The lowest BCUT2D eigenvalue weighted by atomic mass is 10.1. The molecule has 0 spiro atoms. The second kappa shape index (κ2) is 10.3. The van der Waals surface area contributed by atoms with Crippen molar-refractivity contribution in [2.75, 3.05) is 43.5 Å². The average Bonchev–Trinajstić information content (AvgIpc) is 2.85. The van der Waals surface area contributed by atoms with Crippen LogP contribution in [0.15, 0.2) is 60.8 Å². The highest BCUT2D eigenvalue weighted by atomic mass is 19.1. The number of ether oxygens (including phenoxy) is 1. The van der Waals surface area contributed by atoms with E-state index in [1.165, 1.54) is 6.07 Å². The number of anilines is 2. The molecule has 2 heterocycles. The highest BCUT2D eigenvalue weighted by molar-refractivity contribution is 5.94. The third kappa shape index (κ3) is 5.48. The van der Waals surface area contributed by atoms with Crippen molar-refractivity contribution in [3.05, 3.63) is 83.6 Å². The van der Waals surface area contributed by atoms with Crippen LogP contribution in [0.25, 0.3) is 0 Å². The number of nitrogens with zero attached hydrogens (tertiary/aromatic N) is 3. The molecule has 0 atom stereocenters. The van der Waals surface area contributed by atoms with Crippen LogP contribution in [0.3, 0.4) is 0 Å². The monoisotopic (exact) mass is 466 g/mol. The van der Waals surface area contributed by atoms with E-state index in [2.05, 4.69) is 10.3 Å². The molecular weight excluding hydrogens is 442 g/mol. The molecule has 0 saturated carbocycles. The Kier molecular flexibility index (Phi) is 7.01. The number of benzene rings is 2. The number of carbonyl (C=O) groups excluding carboxylic acids is 2. The van der Waals surface area contributed by atoms with E-state index >= 15 is 0 Å². The van der Waals surface area contributed by atoms with E-state index in [9.17, 15) is 18.4 Å². The van der Waals surface area contributed by atoms with Gasteiger partial charge in [-0.25, -0.2) is 13.8 Å². The standard InChI is InChI=1S/C25H24F2N4O3/c1-34-20-6-2-17(3-7-20)14-24(32)29-19-5-9-23(28-16-19)30-10-12-31(13-11-30)25(33)21-8-4-18(26)15-22(21)27/h2-9,15-16H,10-14H2,1H3,(H,29,32). The summed E-state index contributed by atoms with van der Waals surface area (Å²) in [6, 6.07) is 13.8. The number of aromatic nitrogens is 1. The van der Waals surface area contributed by atoms with E-state index in [0.29, 0.717) is 43.8 Å². The minimum absolute atomic E-state index is 0.136. The molecule has 2 amide bonds. The fourth-order valence-electron chi connectivity index (χ4n) is 3.75. The second-order valence-corrected chi connectivity index (χ2v) is 7.88. The van der Waals surface area contributed by atoms with E-state index in [0.717, 1.165) is 17.4 Å². The Balaban J connectivity index is 1.29. The summed E-state index contributed by atoms with van der Waals surface area (Å²) in [5, 5.41) is 2.83. The summed E-state index contributed by atoms with van der Waals surface area (Å²) in [5.41, 5.74) is 1.32. The average molecular weight is 466 g/mol. The van der Waals surface area contributed by atoms with E-state index in [4.69, 9.17) is 4.74 Å². The second-order valence-electron chi connectivity index (χ2n) is 7.88. The maximum absolute atomic E-state index is 13.9. The Bertz CT molecular complexity index is 1160. The van der Waals surface area contributed by atoms with Crippen molar-refractivity contribution in [2.45, 2.75) is 6.42 Å². The Morgan fingerprint density at radius 3 is 2.35 bits per heavy atom. The van der Waals surface area contributed by atoms with Crippen molar-refractivity contribution >= 4 is 23.3 Å². The van der Waals surface area contributed by atoms with E-state index in [-0.39, 0.29) is 17.9 Å². The normalized spacial score (nSPS) is 13.5. The molecule has 4 rings (SSSR count). The van der Waals surface area contributed by atoms with Crippen LogP contribution < -0.4 is 15.0 Å². The number of hydrogen-bond donors (Lipinski definition) is 1. The van der Waals surface area contributed by atoms with Gasteiger partial charge in [-0.1, -0.05) is 12.1 Å².